The predicted octanol–water partition coefficient (Wildman–Crippen LogP) is 2.75. The number of furan rings is 1. The Kier molecular flexibility index (Phi) is 4.30. The molecule has 4 heterocycles. The Hall–Kier alpha value is -1.54. The zero-order chi connectivity index (χ0) is 18.5. The Balaban J connectivity index is 1.38. The number of hydrogen-bond donors (Lipinski definition) is 1. The summed E-state index contributed by atoms with van der Waals surface area (Å²) in [5, 5.41) is 2.92. The summed E-state index contributed by atoms with van der Waals surface area (Å²) in [5.41, 5.74) is 0.453. The van der Waals surface area contributed by atoms with Crippen molar-refractivity contribution in [2.45, 2.75) is 44.1 Å². The highest BCUT2D eigenvalue weighted by atomic mass is 19.4. The highest BCUT2D eigenvalue weighted by Crippen LogP contribution is 2.54. The Morgan fingerprint density at radius 1 is 1.46 bits per heavy atom. The smallest absolute Gasteiger partial charge is 0.390 e. The molecule has 8 heteroatoms. The van der Waals surface area contributed by atoms with Crippen molar-refractivity contribution in [3.05, 3.63) is 23.7 Å². The number of ether oxygens (including phenoxy) is 1. The first-order valence-corrected chi connectivity index (χ1v) is 9.07. The number of hydrogen-bond acceptors (Lipinski definition) is 4. The van der Waals surface area contributed by atoms with E-state index in [9.17, 15) is 18.0 Å². The largest absolute Gasteiger partial charge is 0.459 e. The van der Waals surface area contributed by atoms with Gasteiger partial charge in [0, 0.05) is 43.6 Å². The molecule has 3 saturated heterocycles. The van der Waals surface area contributed by atoms with E-state index in [1.807, 2.05) is 11.8 Å². The predicted molar refractivity (Wildman–Crippen MR) is 86.7 cm³/mol. The third kappa shape index (κ3) is 3.13. The number of likely N-dealkylation sites (tertiary alicyclic amines) is 1. The van der Waals surface area contributed by atoms with E-state index < -0.39 is 12.6 Å². The van der Waals surface area contributed by atoms with E-state index >= 15 is 0 Å². The Labute approximate surface area is 149 Å². The van der Waals surface area contributed by atoms with E-state index in [2.05, 4.69) is 5.32 Å². The molecular weight excluding hydrogens is 349 g/mol. The molecule has 3 aliphatic heterocycles. The molecule has 0 unspecified atom stereocenters. The van der Waals surface area contributed by atoms with Crippen molar-refractivity contribution in [3.63, 3.8) is 0 Å². The summed E-state index contributed by atoms with van der Waals surface area (Å²) in [5.74, 6) is 0.365. The lowest BCUT2D eigenvalue weighted by Gasteiger charge is -2.29. The molecule has 4 rings (SSSR count). The van der Waals surface area contributed by atoms with Crippen LogP contribution in [0.2, 0.25) is 0 Å². The van der Waals surface area contributed by atoms with Gasteiger partial charge in [0.2, 0.25) is 0 Å². The summed E-state index contributed by atoms with van der Waals surface area (Å²) < 4.78 is 49.0. The SMILES string of the molecule is Cc1ccoc1C(=O)NC[C@H]1[C@H]2CN(CCC(F)(F)F)C[C@]23CC[C@H]1O3. The molecular formula is C18H23F3N2O3. The Morgan fingerprint density at radius 3 is 2.96 bits per heavy atom. The van der Waals surface area contributed by atoms with Gasteiger partial charge in [-0.1, -0.05) is 0 Å². The van der Waals surface area contributed by atoms with Crippen molar-refractivity contribution >= 4 is 5.91 Å². The first-order chi connectivity index (χ1) is 12.3. The monoisotopic (exact) mass is 372 g/mol. The standard InChI is InChI=1S/C18H23F3N2O3/c1-11-3-7-25-15(11)16(24)22-8-12-13-9-23(6-5-18(19,20)21)10-17(13)4-2-14(12)26-17/h3,7,12-14H,2,4-6,8-10H2,1H3,(H,22,24)/t12-,13+,14+,17+/m0/s1. The van der Waals surface area contributed by atoms with Crippen molar-refractivity contribution in [1.29, 1.82) is 0 Å². The lowest BCUT2D eigenvalue weighted by molar-refractivity contribution is -0.138. The quantitative estimate of drug-likeness (QED) is 0.864. The number of carbonyl (C=O) groups excluding carboxylic acids is 1. The Morgan fingerprint density at radius 2 is 2.27 bits per heavy atom. The lowest BCUT2D eigenvalue weighted by atomic mass is 9.73. The van der Waals surface area contributed by atoms with E-state index in [1.54, 1.807) is 6.07 Å². The molecule has 0 aromatic carbocycles. The number of alkyl halides is 3. The van der Waals surface area contributed by atoms with Gasteiger partial charge < -0.3 is 14.5 Å². The lowest BCUT2D eigenvalue weighted by Crippen LogP contribution is -2.41. The number of nitrogens with zero attached hydrogens (tertiary/aromatic N) is 1. The van der Waals surface area contributed by atoms with Crippen LogP contribution < -0.4 is 5.32 Å². The van der Waals surface area contributed by atoms with Crippen molar-refractivity contribution in [2.75, 3.05) is 26.2 Å². The number of nitrogens with one attached hydrogen (secondary N) is 1. The van der Waals surface area contributed by atoms with Crippen LogP contribution in [-0.4, -0.2) is 54.9 Å². The van der Waals surface area contributed by atoms with Crippen molar-refractivity contribution in [3.8, 4) is 0 Å². The molecule has 3 fully saturated rings. The van der Waals surface area contributed by atoms with E-state index in [4.69, 9.17) is 9.15 Å². The fraction of sp³-hybridized carbons (Fsp3) is 0.722. The van der Waals surface area contributed by atoms with E-state index in [1.165, 1.54) is 6.26 Å². The van der Waals surface area contributed by atoms with Gasteiger partial charge in [-0.3, -0.25) is 9.69 Å². The van der Waals surface area contributed by atoms with Crippen LogP contribution in [0, 0.1) is 18.8 Å². The van der Waals surface area contributed by atoms with Crippen LogP contribution in [0.15, 0.2) is 16.7 Å². The average Bonchev–Trinajstić information content (AvgIpc) is 3.29. The van der Waals surface area contributed by atoms with Gasteiger partial charge in [-0.25, -0.2) is 0 Å². The molecule has 1 N–H and O–H groups in total. The third-order valence-electron chi connectivity index (χ3n) is 6.13. The molecule has 4 atom stereocenters. The summed E-state index contributed by atoms with van der Waals surface area (Å²) in [7, 11) is 0. The maximum absolute atomic E-state index is 12.5. The van der Waals surface area contributed by atoms with Gasteiger partial charge in [0.05, 0.1) is 24.4 Å². The van der Waals surface area contributed by atoms with Gasteiger partial charge in [0.15, 0.2) is 5.76 Å². The number of aryl methyl sites for hydroxylation is 1. The van der Waals surface area contributed by atoms with Gasteiger partial charge in [0.1, 0.15) is 0 Å². The van der Waals surface area contributed by atoms with Gasteiger partial charge >= 0.3 is 6.18 Å². The first-order valence-electron chi connectivity index (χ1n) is 9.07. The zero-order valence-electron chi connectivity index (χ0n) is 14.6. The molecule has 5 nitrogen and oxygen atoms in total. The molecule has 1 aromatic rings. The van der Waals surface area contributed by atoms with Crippen LogP contribution in [-0.2, 0) is 4.74 Å². The molecule has 144 valence electrons. The second-order valence-electron chi connectivity index (χ2n) is 7.77. The number of rotatable bonds is 5. The van der Waals surface area contributed by atoms with Crippen LogP contribution in [0.5, 0.6) is 0 Å². The molecule has 26 heavy (non-hydrogen) atoms. The second kappa shape index (κ2) is 6.27. The van der Waals surface area contributed by atoms with Gasteiger partial charge in [-0.15, -0.1) is 0 Å². The highest BCUT2D eigenvalue weighted by Gasteiger charge is 2.62. The van der Waals surface area contributed by atoms with Gasteiger partial charge in [-0.2, -0.15) is 13.2 Å². The molecule has 1 aromatic heterocycles. The molecule has 1 amide bonds. The maximum Gasteiger partial charge on any atom is 0.390 e. The normalized spacial score (nSPS) is 33.6. The number of fused-ring (bicyclic) bond motifs is 1. The minimum atomic E-state index is -4.14. The van der Waals surface area contributed by atoms with E-state index in [-0.39, 0.29) is 36.0 Å². The second-order valence-corrected chi connectivity index (χ2v) is 7.77. The molecule has 0 saturated carbocycles. The molecule has 2 bridgehead atoms. The number of amides is 1. The van der Waals surface area contributed by atoms with Crippen LogP contribution in [0.25, 0.3) is 0 Å². The molecule has 1 spiro atoms. The van der Waals surface area contributed by atoms with Gasteiger partial charge in [-0.05, 0) is 25.8 Å². The topological polar surface area (TPSA) is 54.7 Å². The van der Waals surface area contributed by atoms with Crippen LogP contribution in [0.1, 0.15) is 35.4 Å². The summed E-state index contributed by atoms with van der Waals surface area (Å²) in [6.45, 7) is 3.45. The minimum absolute atomic E-state index is 0.0143. The minimum Gasteiger partial charge on any atom is -0.459 e. The summed E-state index contributed by atoms with van der Waals surface area (Å²) in [6.07, 6.45) is -1.56. The van der Waals surface area contributed by atoms with E-state index in [0.29, 0.717) is 25.4 Å². The highest BCUT2D eigenvalue weighted by molar-refractivity contribution is 5.92. The third-order valence-corrected chi connectivity index (χ3v) is 6.13. The fourth-order valence-corrected chi connectivity index (χ4v) is 4.91. The number of halogens is 3. The molecule has 3 aliphatic rings. The van der Waals surface area contributed by atoms with Crippen molar-refractivity contribution < 1.29 is 27.1 Å². The van der Waals surface area contributed by atoms with Crippen LogP contribution >= 0.6 is 0 Å². The first kappa shape index (κ1) is 17.9. The fourth-order valence-electron chi connectivity index (χ4n) is 4.91. The van der Waals surface area contributed by atoms with Crippen LogP contribution in [0.3, 0.4) is 0 Å². The summed E-state index contributed by atoms with van der Waals surface area (Å²) in [4.78, 5) is 14.1. The Bertz CT molecular complexity index is 689. The summed E-state index contributed by atoms with van der Waals surface area (Å²) >= 11 is 0. The number of carbonyl (C=O) groups is 1. The van der Waals surface area contributed by atoms with Crippen LogP contribution in [0.4, 0.5) is 13.2 Å². The summed E-state index contributed by atoms with van der Waals surface area (Å²) in [6, 6.07) is 1.74. The maximum atomic E-state index is 12.5. The van der Waals surface area contributed by atoms with Gasteiger partial charge in [0.25, 0.3) is 5.91 Å². The van der Waals surface area contributed by atoms with Crippen molar-refractivity contribution in [1.82, 2.24) is 10.2 Å². The molecule has 0 aliphatic carbocycles. The average molecular weight is 372 g/mol. The zero-order valence-corrected chi connectivity index (χ0v) is 14.6. The van der Waals surface area contributed by atoms with Crippen molar-refractivity contribution in [2.24, 2.45) is 11.8 Å². The van der Waals surface area contributed by atoms with E-state index in [0.717, 1.165) is 18.4 Å². The molecule has 0 radical (unpaired) electrons.